The Morgan fingerprint density at radius 1 is 1.20 bits per heavy atom. The summed E-state index contributed by atoms with van der Waals surface area (Å²) >= 11 is 0. The van der Waals surface area contributed by atoms with E-state index < -0.39 is 29.7 Å². The average Bonchev–Trinajstić information content (AvgIpc) is 3.04. The van der Waals surface area contributed by atoms with E-state index in [0.29, 0.717) is 12.8 Å². The van der Waals surface area contributed by atoms with Crippen LogP contribution in [0.5, 0.6) is 0 Å². The van der Waals surface area contributed by atoms with E-state index in [1.807, 2.05) is 0 Å². The van der Waals surface area contributed by atoms with Gasteiger partial charge in [0.2, 0.25) is 5.95 Å². The molecular formula is C16H13F4N3O2. The molecule has 132 valence electrons. The number of halogens is 4. The summed E-state index contributed by atoms with van der Waals surface area (Å²) in [6.07, 6.45) is -3.89. The van der Waals surface area contributed by atoms with Crippen LogP contribution in [0, 0.1) is 5.82 Å². The van der Waals surface area contributed by atoms with Crippen LogP contribution in [-0.2, 0) is 11.0 Å². The Labute approximate surface area is 139 Å². The van der Waals surface area contributed by atoms with Crippen molar-refractivity contribution in [3.63, 3.8) is 0 Å². The second-order valence-corrected chi connectivity index (χ2v) is 5.63. The molecule has 9 heteroatoms. The van der Waals surface area contributed by atoms with E-state index >= 15 is 0 Å². The second kappa shape index (κ2) is 6.30. The summed E-state index contributed by atoms with van der Waals surface area (Å²) in [5, 5.41) is 9.23. The van der Waals surface area contributed by atoms with Crippen molar-refractivity contribution in [2.45, 2.75) is 25.1 Å². The number of hydrogen-bond acceptors (Lipinski definition) is 4. The number of carboxylic acid groups (broad SMARTS) is 1. The molecule has 0 aliphatic carbocycles. The molecule has 3 rings (SSSR count). The van der Waals surface area contributed by atoms with Gasteiger partial charge in [-0.05, 0) is 43.2 Å². The molecule has 1 saturated heterocycles. The minimum absolute atomic E-state index is 0.0478. The van der Waals surface area contributed by atoms with Gasteiger partial charge >= 0.3 is 12.1 Å². The molecule has 0 amide bonds. The summed E-state index contributed by atoms with van der Waals surface area (Å²) in [6.45, 7) is 0.251. The first kappa shape index (κ1) is 17.1. The molecule has 0 saturated carbocycles. The molecule has 2 aromatic rings. The average molecular weight is 355 g/mol. The number of nitrogens with zero attached hydrogens (tertiary/aromatic N) is 3. The lowest BCUT2D eigenvalue weighted by Gasteiger charge is -2.22. The number of hydrogen-bond donors (Lipinski definition) is 1. The maximum atomic E-state index is 13.2. The van der Waals surface area contributed by atoms with E-state index in [1.54, 1.807) is 0 Å². The third-order valence-electron chi connectivity index (χ3n) is 3.94. The summed E-state index contributed by atoms with van der Waals surface area (Å²) in [5.74, 6) is -1.96. The zero-order valence-corrected chi connectivity index (χ0v) is 12.8. The van der Waals surface area contributed by atoms with Crippen molar-refractivity contribution in [3.05, 3.63) is 41.8 Å². The van der Waals surface area contributed by atoms with Gasteiger partial charge in [0.05, 0.1) is 5.69 Å². The van der Waals surface area contributed by atoms with Crippen LogP contribution in [-0.4, -0.2) is 33.6 Å². The van der Waals surface area contributed by atoms with E-state index in [1.165, 1.54) is 17.0 Å². The Balaban J connectivity index is 2.10. The summed E-state index contributed by atoms with van der Waals surface area (Å²) < 4.78 is 52.6. The third-order valence-corrected chi connectivity index (χ3v) is 3.94. The van der Waals surface area contributed by atoms with Crippen LogP contribution in [0.4, 0.5) is 23.5 Å². The van der Waals surface area contributed by atoms with Crippen LogP contribution >= 0.6 is 0 Å². The second-order valence-electron chi connectivity index (χ2n) is 5.63. The van der Waals surface area contributed by atoms with E-state index in [4.69, 9.17) is 0 Å². The van der Waals surface area contributed by atoms with Crippen LogP contribution in [0.15, 0.2) is 30.3 Å². The van der Waals surface area contributed by atoms with Gasteiger partial charge in [0.15, 0.2) is 5.69 Å². The predicted octanol–water partition coefficient (Wildman–Crippen LogP) is 3.35. The maximum Gasteiger partial charge on any atom is 0.433 e. The molecular weight excluding hydrogens is 342 g/mol. The van der Waals surface area contributed by atoms with Crippen molar-refractivity contribution in [1.82, 2.24) is 9.97 Å². The van der Waals surface area contributed by atoms with E-state index in [2.05, 4.69) is 9.97 Å². The van der Waals surface area contributed by atoms with Gasteiger partial charge in [0.1, 0.15) is 11.9 Å². The van der Waals surface area contributed by atoms with Gasteiger partial charge in [-0.25, -0.2) is 19.2 Å². The fourth-order valence-electron chi connectivity index (χ4n) is 2.74. The first-order chi connectivity index (χ1) is 11.8. The lowest BCUT2D eigenvalue weighted by Crippen LogP contribution is -2.37. The van der Waals surface area contributed by atoms with Crippen molar-refractivity contribution in [3.8, 4) is 11.3 Å². The van der Waals surface area contributed by atoms with Crippen molar-refractivity contribution in [2.24, 2.45) is 0 Å². The van der Waals surface area contributed by atoms with Crippen LogP contribution in [0.25, 0.3) is 11.3 Å². The fourth-order valence-corrected chi connectivity index (χ4v) is 2.74. The smallest absolute Gasteiger partial charge is 0.433 e. The number of aliphatic carboxylic acids is 1. The number of carbonyl (C=O) groups is 1. The molecule has 1 unspecified atom stereocenters. The third kappa shape index (κ3) is 3.54. The molecule has 5 nitrogen and oxygen atoms in total. The number of anilines is 1. The standard InChI is InChI=1S/C16H13F4N3O2/c17-10-5-3-9(4-6-10)11-8-13(16(18,19)20)22-15(21-11)23-7-1-2-12(23)14(24)25/h3-6,8,12H,1-2,7H2,(H,24,25). The normalized spacial score (nSPS) is 17.8. The van der Waals surface area contributed by atoms with Crippen LogP contribution < -0.4 is 4.90 Å². The highest BCUT2D eigenvalue weighted by atomic mass is 19.4. The maximum absolute atomic E-state index is 13.2. The molecule has 1 aromatic heterocycles. The van der Waals surface area contributed by atoms with Gasteiger partial charge in [-0.15, -0.1) is 0 Å². The first-order valence-corrected chi connectivity index (χ1v) is 7.47. The molecule has 1 atom stereocenters. The Bertz CT molecular complexity index is 793. The van der Waals surface area contributed by atoms with Gasteiger partial charge in [0.25, 0.3) is 0 Å². The molecule has 1 fully saturated rings. The zero-order valence-electron chi connectivity index (χ0n) is 12.8. The topological polar surface area (TPSA) is 66.3 Å². The van der Waals surface area contributed by atoms with Crippen LogP contribution in [0.1, 0.15) is 18.5 Å². The predicted molar refractivity (Wildman–Crippen MR) is 80.4 cm³/mol. The monoisotopic (exact) mass is 355 g/mol. The first-order valence-electron chi connectivity index (χ1n) is 7.47. The summed E-state index contributed by atoms with van der Waals surface area (Å²) in [7, 11) is 0. The molecule has 0 radical (unpaired) electrons. The van der Waals surface area contributed by atoms with Crippen LogP contribution in [0.3, 0.4) is 0 Å². The Morgan fingerprint density at radius 3 is 2.48 bits per heavy atom. The van der Waals surface area contributed by atoms with Crippen molar-refractivity contribution >= 4 is 11.9 Å². The summed E-state index contributed by atoms with van der Waals surface area (Å²) in [6, 6.07) is 4.63. The fraction of sp³-hybridized carbons (Fsp3) is 0.312. The van der Waals surface area contributed by atoms with Gasteiger partial charge in [-0.3, -0.25) is 0 Å². The molecule has 1 aromatic carbocycles. The molecule has 0 spiro atoms. The minimum Gasteiger partial charge on any atom is -0.480 e. The molecule has 1 aliphatic rings. The van der Waals surface area contributed by atoms with Gasteiger partial charge in [-0.1, -0.05) is 0 Å². The lowest BCUT2D eigenvalue weighted by atomic mass is 10.1. The van der Waals surface area contributed by atoms with Gasteiger partial charge in [-0.2, -0.15) is 13.2 Å². The number of aromatic nitrogens is 2. The van der Waals surface area contributed by atoms with E-state index in [9.17, 15) is 27.5 Å². The largest absolute Gasteiger partial charge is 0.480 e. The quantitative estimate of drug-likeness (QED) is 0.856. The van der Waals surface area contributed by atoms with Crippen LogP contribution in [0.2, 0.25) is 0 Å². The van der Waals surface area contributed by atoms with Gasteiger partial charge in [0, 0.05) is 12.1 Å². The number of rotatable bonds is 3. The lowest BCUT2D eigenvalue weighted by molar-refractivity contribution is -0.141. The highest BCUT2D eigenvalue weighted by Gasteiger charge is 2.37. The highest BCUT2D eigenvalue weighted by Crippen LogP contribution is 2.33. The van der Waals surface area contributed by atoms with E-state index in [0.717, 1.165) is 18.2 Å². The highest BCUT2D eigenvalue weighted by molar-refractivity contribution is 5.78. The molecule has 2 heterocycles. The Kier molecular flexibility index (Phi) is 4.32. The molecule has 1 N–H and O–H groups in total. The molecule has 1 aliphatic heterocycles. The summed E-state index contributed by atoms with van der Waals surface area (Å²) in [5.41, 5.74) is -0.942. The van der Waals surface area contributed by atoms with E-state index in [-0.39, 0.29) is 23.8 Å². The van der Waals surface area contributed by atoms with Gasteiger partial charge < -0.3 is 10.0 Å². The minimum atomic E-state index is -4.72. The molecule has 0 bridgehead atoms. The summed E-state index contributed by atoms with van der Waals surface area (Å²) in [4.78, 5) is 20.2. The number of benzene rings is 1. The van der Waals surface area contributed by atoms with Crippen molar-refractivity contribution in [2.75, 3.05) is 11.4 Å². The van der Waals surface area contributed by atoms with Crippen molar-refractivity contribution < 1.29 is 27.5 Å². The van der Waals surface area contributed by atoms with Crippen molar-refractivity contribution in [1.29, 1.82) is 0 Å². The Hall–Kier alpha value is -2.71. The number of alkyl halides is 3. The Morgan fingerprint density at radius 2 is 1.88 bits per heavy atom. The SMILES string of the molecule is O=C(O)C1CCCN1c1nc(-c2ccc(F)cc2)cc(C(F)(F)F)n1. The molecule has 25 heavy (non-hydrogen) atoms. The number of carboxylic acids is 1. The zero-order chi connectivity index (χ0) is 18.2.